The average Bonchev–Trinajstić information content (AvgIpc) is 3.04. The van der Waals surface area contributed by atoms with Crippen molar-refractivity contribution in [1.82, 2.24) is 4.31 Å². The van der Waals surface area contributed by atoms with E-state index in [9.17, 15) is 18.3 Å². The normalized spacial score (nSPS) is 22.8. The smallest absolute Gasteiger partial charge is 0.310 e. The fourth-order valence-electron chi connectivity index (χ4n) is 2.30. The van der Waals surface area contributed by atoms with E-state index in [1.165, 1.54) is 16.4 Å². The molecule has 2 heterocycles. The Morgan fingerprint density at radius 2 is 2.24 bits per heavy atom. The molecule has 1 N–H and O–H groups in total. The zero-order valence-corrected chi connectivity index (χ0v) is 13.7. The van der Waals surface area contributed by atoms with E-state index in [0.29, 0.717) is 10.8 Å². The maximum Gasteiger partial charge on any atom is 0.310 e. The largest absolute Gasteiger partial charge is 0.481 e. The van der Waals surface area contributed by atoms with Gasteiger partial charge in [-0.05, 0) is 18.6 Å². The molecule has 0 aliphatic carbocycles. The van der Waals surface area contributed by atoms with E-state index in [4.69, 9.17) is 16.3 Å². The number of rotatable bonds is 6. The molecule has 0 bridgehead atoms. The Bertz CT molecular complexity index is 615. The van der Waals surface area contributed by atoms with Crippen LogP contribution in [0.1, 0.15) is 13.3 Å². The molecule has 6 nitrogen and oxygen atoms in total. The summed E-state index contributed by atoms with van der Waals surface area (Å²) in [6.07, 6.45) is 0.585. The van der Waals surface area contributed by atoms with Crippen LogP contribution in [-0.4, -0.2) is 49.6 Å². The molecule has 0 spiro atoms. The van der Waals surface area contributed by atoms with Crippen LogP contribution in [0.2, 0.25) is 4.34 Å². The number of carboxylic acid groups (broad SMARTS) is 1. The van der Waals surface area contributed by atoms with E-state index in [1.807, 2.05) is 6.92 Å². The van der Waals surface area contributed by atoms with Gasteiger partial charge in [0, 0.05) is 6.54 Å². The average molecular weight is 354 g/mol. The highest BCUT2D eigenvalue weighted by molar-refractivity contribution is 7.91. The van der Waals surface area contributed by atoms with Crippen LogP contribution in [0.5, 0.6) is 0 Å². The minimum absolute atomic E-state index is 0.0287. The summed E-state index contributed by atoms with van der Waals surface area (Å²) in [4.78, 5) is 11.3. The number of halogens is 1. The second-order valence-corrected chi connectivity index (χ2v) is 8.56. The fraction of sp³-hybridized carbons (Fsp3) is 0.583. The first-order valence-electron chi connectivity index (χ1n) is 6.45. The Morgan fingerprint density at radius 3 is 2.76 bits per heavy atom. The van der Waals surface area contributed by atoms with Gasteiger partial charge in [-0.2, -0.15) is 4.31 Å². The van der Waals surface area contributed by atoms with Gasteiger partial charge in [-0.1, -0.05) is 18.5 Å². The molecule has 1 saturated heterocycles. The number of sulfonamides is 1. The van der Waals surface area contributed by atoms with E-state index in [0.717, 1.165) is 11.3 Å². The molecule has 0 amide bonds. The topological polar surface area (TPSA) is 83.9 Å². The SMILES string of the molecule is CCCN(C1COCC1C(=O)O)S(=O)(=O)c1ccc(Cl)s1. The highest BCUT2D eigenvalue weighted by Gasteiger charge is 2.43. The number of hydrogen-bond donors (Lipinski definition) is 1. The second-order valence-electron chi connectivity index (χ2n) is 4.72. The van der Waals surface area contributed by atoms with Crippen LogP contribution >= 0.6 is 22.9 Å². The van der Waals surface area contributed by atoms with Gasteiger partial charge in [0.25, 0.3) is 10.0 Å². The number of nitrogens with zero attached hydrogens (tertiary/aromatic N) is 1. The Kier molecular flexibility index (Phi) is 5.26. The van der Waals surface area contributed by atoms with Crippen LogP contribution in [0.15, 0.2) is 16.3 Å². The van der Waals surface area contributed by atoms with Gasteiger partial charge in [-0.15, -0.1) is 11.3 Å². The highest BCUT2D eigenvalue weighted by Crippen LogP contribution is 2.32. The van der Waals surface area contributed by atoms with Gasteiger partial charge >= 0.3 is 5.97 Å². The lowest BCUT2D eigenvalue weighted by Crippen LogP contribution is -2.46. The summed E-state index contributed by atoms with van der Waals surface area (Å²) in [5.74, 6) is -1.89. The molecule has 9 heteroatoms. The van der Waals surface area contributed by atoms with Gasteiger partial charge < -0.3 is 9.84 Å². The van der Waals surface area contributed by atoms with Crippen LogP contribution in [0.4, 0.5) is 0 Å². The molecule has 2 unspecified atom stereocenters. The van der Waals surface area contributed by atoms with Crippen molar-refractivity contribution in [2.45, 2.75) is 23.6 Å². The minimum atomic E-state index is -3.77. The summed E-state index contributed by atoms with van der Waals surface area (Å²) >= 11 is 6.77. The molecule has 0 aromatic carbocycles. The van der Waals surface area contributed by atoms with E-state index in [2.05, 4.69) is 0 Å². The molecule has 1 aromatic rings. The van der Waals surface area contributed by atoms with Crippen LogP contribution in [0, 0.1) is 5.92 Å². The molecule has 1 fully saturated rings. The number of aliphatic carboxylic acids is 1. The Hall–Kier alpha value is -0.670. The first kappa shape index (κ1) is 16.7. The van der Waals surface area contributed by atoms with E-state index >= 15 is 0 Å². The van der Waals surface area contributed by atoms with Crippen molar-refractivity contribution in [3.8, 4) is 0 Å². The lowest BCUT2D eigenvalue weighted by atomic mass is 10.0. The van der Waals surface area contributed by atoms with Crippen LogP contribution in [-0.2, 0) is 19.6 Å². The van der Waals surface area contributed by atoms with Crippen molar-refractivity contribution in [3.05, 3.63) is 16.5 Å². The van der Waals surface area contributed by atoms with Gasteiger partial charge in [0.2, 0.25) is 0 Å². The quantitative estimate of drug-likeness (QED) is 0.844. The summed E-state index contributed by atoms with van der Waals surface area (Å²) in [5.41, 5.74) is 0. The van der Waals surface area contributed by atoms with Crippen molar-refractivity contribution >= 4 is 38.9 Å². The molecule has 21 heavy (non-hydrogen) atoms. The lowest BCUT2D eigenvalue weighted by Gasteiger charge is -2.28. The number of thiophene rings is 1. The zero-order chi connectivity index (χ0) is 15.6. The van der Waals surface area contributed by atoms with Gasteiger partial charge in [0.15, 0.2) is 0 Å². The Labute approximate surface area is 132 Å². The summed E-state index contributed by atoms with van der Waals surface area (Å²) in [5, 5.41) is 9.22. The summed E-state index contributed by atoms with van der Waals surface area (Å²) < 4.78 is 32.4. The number of carboxylic acids is 1. The van der Waals surface area contributed by atoms with Crippen molar-refractivity contribution in [2.75, 3.05) is 19.8 Å². The monoisotopic (exact) mass is 353 g/mol. The fourth-order valence-corrected chi connectivity index (χ4v) is 5.65. The first-order valence-corrected chi connectivity index (χ1v) is 9.09. The Balaban J connectivity index is 2.36. The third-order valence-corrected chi connectivity index (χ3v) is 6.92. The number of hydrogen-bond acceptors (Lipinski definition) is 5. The second kappa shape index (κ2) is 6.62. The predicted molar refractivity (Wildman–Crippen MR) is 79.2 cm³/mol. The summed E-state index contributed by atoms with van der Waals surface area (Å²) in [7, 11) is -3.77. The third-order valence-electron chi connectivity index (χ3n) is 3.29. The lowest BCUT2D eigenvalue weighted by molar-refractivity contribution is -0.142. The van der Waals surface area contributed by atoms with Crippen LogP contribution in [0.3, 0.4) is 0 Å². The maximum atomic E-state index is 12.7. The third kappa shape index (κ3) is 3.40. The van der Waals surface area contributed by atoms with E-state index in [1.54, 1.807) is 0 Å². The number of carbonyl (C=O) groups is 1. The van der Waals surface area contributed by atoms with Crippen molar-refractivity contribution in [2.24, 2.45) is 5.92 Å². The van der Waals surface area contributed by atoms with Crippen molar-refractivity contribution < 1.29 is 23.1 Å². The molecule has 1 aromatic heterocycles. The predicted octanol–water partition coefficient (Wildman–Crippen LogP) is 1.90. The Morgan fingerprint density at radius 1 is 1.52 bits per heavy atom. The molecule has 0 radical (unpaired) electrons. The van der Waals surface area contributed by atoms with Crippen molar-refractivity contribution in [1.29, 1.82) is 0 Å². The van der Waals surface area contributed by atoms with Gasteiger partial charge in [-0.25, -0.2) is 8.42 Å². The minimum Gasteiger partial charge on any atom is -0.481 e. The van der Waals surface area contributed by atoms with Gasteiger partial charge in [0.1, 0.15) is 4.21 Å². The van der Waals surface area contributed by atoms with Crippen molar-refractivity contribution in [3.63, 3.8) is 0 Å². The van der Waals surface area contributed by atoms with Crippen LogP contribution in [0.25, 0.3) is 0 Å². The summed E-state index contributed by atoms with van der Waals surface area (Å²) in [6.45, 7) is 2.21. The first-order chi connectivity index (χ1) is 9.87. The highest BCUT2D eigenvalue weighted by atomic mass is 35.5. The molecule has 118 valence electrons. The van der Waals surface area contributed by atoms with Gasteiger partial charge in [0.05, 0.1) is 29.5 Å². The summed E-state index contributed by atoms with van der Waals surface area (Å²) in [6, 6.07) is 2.27. The standard InChI is InChI=1S/C12H16ClNO5S2/c1-2-5-14(9-7-19-6-8(9)12(15)16)21(17,18)11-4-3-10(13)20-11/h3-4,8-9H,2,5-7H2,1H3,(H,15,16). The maximum absolute atomic E-state index is 12.7. The number of ether oxygens (including phenoxy) is 1. The van der Waals surface area contributed by atoms with Gasteiger partial charge in [-0.3, -0.25) is 4.79 Å². The van der Waals surface area contributed by atoms with Crippen LogP contribution < -0.4 is 0 Å². The molecular formula is C12H16ClNO5S2. The molecule has 2 atom stereocenters. The molecule has 2 rings (SSSR count). The zero-order valence-electron chi connectivity index (χ0n) is 11.4. The molecule has 1 aliphatic rings. The molecule has 1 aliphatic heterocycles. The molecular weight excluding hydrogens is 338 g/mol. The van der Waals surface area contributed by atoms with E-state index in [-0.39, 0.29) is 24.0 Å². The molecule has 0 saturated carbocycles. The van der Waals surface area contributed by atoms with E-state index < -0.39 is 28.0 Å².